The van der Waals surface area contributed by atoms with E-state index in [0.29, 0.717) is 23.3 Å². The third kappa shape index (κ3) is 3.93. The average Bonchev–Trinajstić information content (AvgIpc) is 3.19. The molecule has 0 aliphatic carbocycles. The van der Waals surface area contributed by atoms with Crippen molar-refractivity contribution in [3.8, 4) is 22.8 Å². The molecule has 8 heteroatoms. The third-order valence-corrected chi connectivity index (χ3v) is 4.15. The summed E-state index contributed by atoms with van der Waals surface area (Å²) in [5, 5.41) is 4.64. The van der Waals surface area contributed by atoms with E-state index in [2.05, 4.69) is 25.1 Å². The number of halogens is 1. The first kappa shape index (κ1) is 17.1. The molecule has 0 spiro atoms. The van der Waals surface area contributed by atoms with Crippen molar-refractivity contribution in [3.05, 3.63) is 71.9 Å². The van der Waals surface area contributed by atoms with Crippen LogP contribution in [-0.2, 0) is 6.54 Å². The lowest BCUT2D eigenvalue weighted by atomic mass is 10.2. The van der Waals surface area contributed by atoms with E-state index >= 15 is 0 Å². The van der Waals surface area contributed by atoms with Gasteiger partial charge in [-0.25, -0.2) is 4.98 Å². The van der Waals surface area contributed by atoms with Gasteiger partial charge in [-0.15, -0.1) is 0 Å². The predicted molar refractivity (Wildman–Crippen MR) is 102 cm³/mol. The summed E-state index contributed by atoms with van der Waals surface area (Å²) >= 11 is 6.01. The van der Waals surface area contributed by atoms with Crippen molar-refractivity contribution in [2.45, 2.75) is 6.54 Å². The normalized spacial score (nSPS) is 10.7. The number of rotatable bonds is 5. The van der Waals surface area contributed by atoms with Crippen LogP contribution in [0.1, 0.15) is 5.69 Å². The van der Waals surface area contributed by atoms with Gasteiger partial charge in [0.05, 0.1) is 24.0 Å². The van der Waals surface area contributed by atoms with Crippen molar-refractivity contribution in [1.29, 1.82) is 0 Å². The Morgan fingerprint density at radius 2 is 1.96 bits per heavy atom. The fraction of sp³-hybridized carbons (Fsp3) is 0.105. The van der Waals surface area contributed by atoms with Gasteiger partial charge in [-0.3, -0.25) is 9.97 Å². The van der Waals surface area contributed by atoms with Gasteiger partial charge < -0.3 is 9.42 Å². The molecule has 27 heavy (non-hydrogen) atoms. The molecular weight excluding hydrogens is 364 g/mol. The molecule has 0 atom stereocenters. The first-order chi connectivity index (χ1) is 13.2. The molecule has 1 aromatic carbocycles. The van der Waals surface area contributed by atoms with Gasteiger partial charge in [0.25, 0.3) is 5.89 Å². The van der Waals surface area contributed by atoms with Gasteiger partial charge in [-0.1, -0.05) is 28.9 Å². The number of hydrogen-bond donors (Lipinski definition) is 0. The van der Waals surface area contributed by atoms with Gasteiger partial charge in [-0.2, -0.15) is 4.98 Å². The summed E-state index contributed by atoms with van der Waals surface area (Å²) in [7, 11) is 1.95. The van der Waals surface area contributed by atoms with Crippen LogP contribution in [0.15, 0.2) is 65.7 Å². The van der Waals surface area contributed by atoms with E-state index in [-0.39, 0.29) is 0 Å². The van der Waals surface area contributed by atoms with Crippen LogP contribution in [0, 0.1) is 0 Å². The smallest absolute Gasteiger partial charge is 0.259 e. The van der Waals surface area contributed by atoms with Crippen LogP contribution in [-0.4, -0.2) is 32.1 Å². The molecular formula is C19H15ClN6O. The SMILES string of the molecule is CN(Cc1cnccn1)c1ccc(-c2nc(-c3cccc(Cl)c3)no2)cn1. The summed E-state index contributed by atoms with van der Waals surface area (Å²) in [6.45, 7) is 0.611. The van der Waals surface area contributed by atoms with E-state index in [1.165, 1.54) is 0 Å². The van der Waals surface area contributed by atoms with E-state index in [1.54, 1.807) is 36.9 Å². The summed E-state index contributed by atoms with van der Waals surface area (Å²) < 4.78 is 5.36. The number of benzene rings is 1. The molecule has 0 saturated heterocycles. The second-order valence-electron chi connectivity index (χ2n) is 5.89. The Labute approximate surface area is 160 Å². The van der Waals surface area contributed by atoms with Crippen LogP contribution >= 0.6 is 11.6 Å². The fourth-order valence-corrected chi connectivity index (χ4v) is 2.75. The Hall–Kier alpha value is -3.32. The summed E-state index contributed by atoms with van der Waals surface area (Å²) in [5.74, 6) is 1.69. The van der Waals surface area contributed by atoms with Gasteiger partial charge in [0.15, 0.2) is 0 Å². The van der Waals surface area contributed by atoms with Crippen molar-refractivity contribution >= 4 is 17.4 Å². The minimum atomic E-state index is 0.403. The van der Waals surface area contributed by atoms with E-state index in [1.807, 2.05) is 36.2 Å². The zero-order valence-electron chi connectivity index (χ0n) is 14.5. The molecule has 0 unspecified atom stereocenters. The first-order valence-corrected chi connectivity index (χ1v) is 8.59. The second kappa shape index (κ2) is 7.51. The highest BCUT2D eigenvalue weighted by Gasteiger charge is 2.12. The maximum atomic E-state index is 6.01. The molecule has 3 aromatic heterocycles. The highest BCUT2D eigenvalue weighted by molar-refractivity contribution is 6.30. The van der Waals surface area contributed by atoms with Crippen molar-refractivity contribution in [3.63, 3.8) is 0 Å². The van der Waals surface area contributed by atoms with Crippen LogP contribution in [0.25, 0.3) is 22.8 Å². The minimum Gasteiger partial charge on any atom is -0.354 e. The van der Waals surface area contributed by atoms with E-state index in [9.17, 15) is 0 Å². The van der Waals surface area contributed by atoms with Crippen molar-refractivity contribution in [2.75, 3.05) is 11.9 Å². The summed E-state index contributed by atoms with van der Waals surface area (Å²) in [5.41, 5.74) is 2.41. The molecule has 0 bridgehead atoms. The molecule has 0 aliphatic heterocycles. The van der Waals surface area contributed by atoms with E-state index < -0.39 is 0 Å². The van der Waals surface area contributed by atoms with Crippen LogP contribution in [0.2, 0.25) is 5.02 Å². The summed E-state index contributed by atoms with van der Waals surface area (Å²) in [6.07, 6.45) is 6.77. The predicted octanol–water partition coefficient (Wildman–Crippen LogP) is 3.88. The van der Waals surface area contributed by atoms with Crippen molar-refractivity contribution < 1.29 is 4.52 Å². The number of anilines is 1. The maximum Gasteiger partial charge on any atom is 0.259 e. The number of nitrogens with zero attached hydrogens (tertiary/aromatic N) is 6. The molecule has 0 aliphatic rings. The van der Waals surface area contributed by atoms with Crippen LogP contribution in [0.5, 0.6) is 0 Å². The molecule has 4 aromatic rings. The van der Waals surface area contributed by atoms with E-state index in [0.717, 1.165) is 22.6 Å². The van der Waals surface area contributed by atoms with Crippen LogP contribution in [0.3, 0.4) is 0 Å². The maximum absolute atomic E-state index is 6.01. The van der Waals surface area contributed by atoms with Gasteiger partial charge in [0.1, 0.15) is 5.82 Å². The second-order valence-corrected chi connectivity index (χ2v) is 6.33. The molecule has 0 amide bonds. The molecule has 3 heterocycles. The zero-order chi connectivity index (χ0) is 18.6. The monoisotopic (exact) mass is 378 g/mol. The molecule has 7 nitrogen and oxygen atoms in total. The van der Waals surface area contributed by atoms with Crippen LogP contribution in [0.4, 0.5) is 5.82 Å². The molecule has 0 saturated carbocycles. The molecule has 0 radical (unpaired) electrons. The fourth-order valence-electron chi connectivity index (χ4n) is 2.56. The first-order valence-electron chi connectivity index (χ1n) is 8.21. The molecule has 4 rings (SSSR count). The molecule has 134 valence electrons. The Balaban J connectivity index is 1.51. The van der Waals surface area contributed by atoms with Crippen LogP contribution < -0.4 is 4.90 Å². The molecule has 0 fully saturated rings. The highest BCUT2D eigenvalue weighted by atomic mass is 35.5. The number of hydrogen-bond acceptors (Lipinski definition) is 7. The Morgan fingerprint density at radius 1 is 1.04 bits per heavy atom. The average molecular weight is 379 g/mol. The van der Waals surface area contributed by atoms with Crippen molar-refractivity contribution in [1.82, 2.24) is 25.1 Å². The topological polar surface area (TPSA) is 80.8 Å². The van der Waals surface area contributed by atoms with Gasteiger partial charge in [-0.05, 0) is 24.3 Å². The van der Waals surface area contributed by atoms with Gasteiger partial charge in [0.2, 0.25) is 5.82 Å². The Morgan fingerprint density at radius 3 is 2.70 bits per heavy atom. The Kier molecular flexibility index (Phi) is 4.76. The standard InChI is InChI=1S/C19H15ClN6O/c1-26(12-16-11-21-7-8-22-16)17-6-5-14(10-23-17)19-24-18(25-27-19)13-3-2-4-15(20)9-13/h2-11H,12H2,1H3. The lowest BCUT2D eigenvalue weighted by Crippen LogP contribution is -2.18. The largest absolute Gasteiger partial charge is 0.354 e. The lowest BCUT2D eigenvalue weighted by molar-refractivity contribution is 0.432. The third-order valence-electron chi connectivity index (χ3n) is 3.91. The zero-order valence-corrected chi connectivity index (χ0v) is 15.2. The minimum absolute atomic E-state index is 0.403. The van der Waals surface area contributed by atoms with Gasteiger partial charge in [0, 0.05) is 36.2 Å². The Bertz CT molecular complexity index is 1040. The quantitative estimate of drug-likeness (QED) is 0.521. The number of pyridine rings is 1. The van der Waals surface area contributed by atoms with E-state index in [4.69, 9.17) is 16.1 Å². The van der Waals surface area contributed by atoms with Gasteiger partial charge >= 0.3 is 0 Å². The highest BCUT2D eigenvalue weighted by Crippen LogP contribution is 2.24. The number of aromatic nitrogens is 5. The summed E-state index contributed by atoms with van der Waals surface area (Å²) in [4.78, 5) is 19.2. The summed E-state index contributed by atoms with van der Waals surface area (Å²) in [6, 6.07) is 11.1. The lowest BCUT2D eigenvalue weighted by Gasteiger charge is -2.17. The molecule has 0 N–H and O–H groups in total. The van der Waals surface area contributed by atoms with Crippen molar-refractivity contribution in [2.24, 2.45) is 0 Å².